The lowest BCUT2D eigenvalue weighted by Crippen LogP contribution is -2.56. The highest BCUT2D eigenvalue weighted by atomic mass is 19.4. The molecule has 1 fully saturated rings. The minimum Gasteiger partial charge on any atom is -0.468 e. The van der Waals surface area contributed by atoms with Crippen molar-refractivity contribution in [3.8, 4) is 5.88 Å². The second-order valence-electron chi connectivity index (χ2n) is 7.56. The highest BCUT2D eigenvalue weighted by molar-refractivity contribution is 5.23. The second kappa shape index (κ2) is 8.69. The molecular formula is C21H24F3NO4. The fourth-order valence-corrected chi connectivity index (χ4v) is 3.42. The van der Waals surface area contributed by atoms with Crippen LogP contribution >= 0.6 is 0 Å². The SMILES string of the molecule is CC(C)C[C@H]1O[C@H](c2ccccc2)[C@H](Oc2cccc(C(F)(F)F)n2)[C@@H](O)[C@H]1O. The van der Waals surface area contributed by atoms with Crippen LogP contribution in [0.1, 0.15) is 37.6 Å². The molecule has 1 aromatic carbocycles. The second-order valence-corrected chi connectivity index (χ2v) is 7.56. The highest BCUT2D eigenvalue weighted by Crippen LogP contribution is 2.37. The van der Waals surface area contributed by atoms with E-state index in [9.17, 15) is 23.4 Å². The number of ether oxygens (including phenoxy) is 2. The summed E-state index contributed by atoms with van der Waals surface area (Å²) in [7, 11) is 0. The van der Waals surface area contributed by atoms with Crippen molar-refractivity contribution in [3.05, 3.63) is 59.8 Å². The molecule has 1 saturated heterocycles. The Kier molecular flexibility index (Phi) is 6.45. The Hall–Kier alpha value is -2.16. The van der Waals surface area contributed by atoms with Crippen molar-refractivity contribution in [2.75, 3.05) is 0 Å². The highest BCUT2D eigenvalue weighted by Gasteiger charge is 2.47. The third-order valence-electron chi connectivity index (χ3n) is 4.79. The van der Waals surface area contributed by atoms with Gasteiger partial charge in [-0.25, -0.2) is 4.98 Å². The molecule has 0 unspecified atom stereocenters. The normalized spacial score (nSPS) is 27.8. The molecule has 1 aliphatic rings. The maximum atomic E-state index is 13.0. The number of alkyl halides is 3. The van der Waals surface area contributed by atoms with Gasteiger partial charge in [0.15, 0.2) is 6.10 Å². The van der Waals surface area contributed by atoms with Crippen molar-refractivity contribution in [2.24, 2.45) is 5.92 Å². The molecule has 0 bridgehead atoms. The summed E-state index contributed by atoms with van der Waals surface area (Å²) in [5.41, 5.74) is -0.417. The van der Waals surface area contributed by atoms with Crippen molar-refractivity contribution in [1.29, 1.82) is 0 Å². The van der Waals surface area contributed by atoms with Gasteiger partial charge in [-0.3, -0.25) is 0 Å². The Morgan fingerprint density at radius 3 is 2.34 bits per heavy atom. The lowest BCUT2D eigenvalue weighted by molar-refractivity contribution is -0.221. The average molecular weight is 411 g/mol. The minimum atomic E-state index is -4.62. The fraction of sp³-hybridized carbons (Fsp3) is 0.476. The number of aromatic nitrogens is 1. The molecule has 29 heavy (non-hydrogen) atoms. The number of benzene rings is 1. The monoisotopic (exact) mass is 411 g/mol. The van der Waals surface area contributed by atoms with E-state index >= 15 is 0 Å². The Balaban J connectivity index is 1.92. The smallest absolute Gasteiger partial charge is 0.433 e. The summed E-state index contributed by atoms with van der Waals surface area (Å²) in [6, 6.07) is 12.2. The molecule has 3 rings (SSSR count). The van der Waals surface area contributed by atoms with Gasteiger partial charge >= 0.3 is 6.18 Å². The number of pyridine rings is 1. The van der Waals surface area contributed by atoms with Crippen molar-refractivity contribution in [1.82, 2.24) is 4.98 Å². The van der Waals surface area contributed by atoms with E-state index in [1.54, 1.807) is 24.3 Å². The first-order chi connectivity index (χ1) is 13.7. The summed E-state index contributed by atoms with van der Waals surface area (Å²) >= 11 is 0. The molecule has 1 aliphatic heterocycles. The van der Waals surface area contributed by atoms with Gasteiger partial charge in [0.05, 0.1) is 6.10 Å². The van der Waals surface area contributed by atoms with Crippen LogP contribution in [0.5, 0.6) is 5.88 Å². The zero-order chi connectivity index (χ0) is 21.2. The van der Waals surface area contributed by atoms with Crippen LogP contribution in [-0.2, 0) is 10.9 Å². The predicted molar refractivity (Wildman–Crippen MR) is 99.2 cm³/mol. The van der Waals surface area contributed by atoms with E-state index in [0.717, 1.165) is 6.07 Å². The number of aliphatic hydroxyl groups is 2. The topological polar surface area (TPSA) is 71.8 Å². The number of halogens is 3. The van der Waals surface area contributed by atoms with Crippen molar-refractivity contribution in [3.63, 3.8) is 0 Å². The van der Waals surface area contributed by atoms with E-state index < -0.39 is 42.4 Å². The molecule has 2 N–H and O–H groups in total. The zero-order valence-electron chi connectivity index (χ0n) is 16.1. The molecule has 5 atom stereocenters. The van der Waals surface area contributed by atoms with Gasteiger partial charge in [0, 0.05) is 6.07 Å². The number of hydrogen-bond donors (Lipinski definition) is 2. The molecule has 8 heteroatoms. The first-order valence-corrected chi connectivity index (χ1v) is 9.44. The van der Waals surface area contributed by atoms with Gasteiger partial charge in [-0.2, -0.15) is 13.2 Å². The largest absolute Gasteiger partial charge is 0.468 e. The third kappa shape index (κ3) is 5.07. The van der Waals surface area contributed by atoms with E-state index in [0.29, 0.717) is 12.0 Å². The molecule has 5 nitrogen and oxygen atoms in total. The Morgan fingerprint density at radius 2 is 1.72 bits per heavy atom. The molecule has 2 aromatic rings. The van der Waals surface area contributed by atoms with Crippen molar-refractivity contribution >= 4 is 0 Å². The van der Waals surface area contributed by atoms with Gasteiger partial charge in [0.1, 0.15) is 24.0 Å². The van der Waals surface area contributed by atoms with Crippen molar-refractivity contribution < 1.29 is 32.9 Å². The summed E-state index contributed by atoms with van der Waals surface area (Å²) in [5.74, 6) is -0.0937. The van der Waals surface area contributed by atoms with Crippen LogP contribution < -0.4 is 4.74 Å². The van der Waals surface area contributed by atoms with Gasteiger partial charge < -0.3 is 19.7 Å². The molecular weight excluding hydrogens is 387 g/mol. The lowest BCUT2D eigenvalue weighted by Gasteiger charge is -2.43. The summed E-state index contributed by atoms with van der Waals surface area (Å²) in [6.45, 7) is 3.93. The van der Waals surface area contributed by atoms with Crippen LogP contribution in [0.25, 0.3) is 0 Å². The molecule has 0 spiro atoms. The Morgan fingerprint density at radius 1 is 1.03 bits per heavy atom. The van der Waals surface area contributed by atoms with Gasteiger partial charge in [-0.05, 0) is 24.0 Å². The van der Waals surface area contributed by atoms with E-state index in [-0.39, 0.29) is 11.8 Å². The number of hydrogen-bond acceptors (Lipinski definition) is 5. The molecule has 0 aliphatic carbocycles. The molecule has 0 saturated carbocycles. The van der Waals surface area contributed by atoms with E-state index in [1.807, 2.05) is 19.9 Å². The van der Waals surface area contributed by atoms with Gasteiger partial charge in [-0.15, -0.1) is 0 Å². The number of aliphatic hydroxyl groups excluding tert-OH is 2. The van der Waals surface area contributed by atoms with Gasteiger partial charge in [0.25, 0.3) is 0 Å². The fourth-order valence-electron chi connectivity index (χ4n) is 3.42. The van der Waals surface area contributed by atoms with Crippen LogP contribution in [-0.4, -0.2) is 39.6 Å². The molecule has 0 amide bonds. The first-order valence-electron chi connectivity index (χ1n) is 9.44. The minimum absolute atomic E-state index is 0.209. The summed E-state index contributed by atoms with van der Waals surface area (Å²) in [4.78, 5) is 3.50. The maximum absolute atomic E-state index is 13.0. The first kappa shape index (κ1) is 21.5. The quantitative estimate of drug-likeness (QED) is 0.784. The van der Waals surface area contributed by atoms with Crippen LogP contribution in [0.2, 0.25) is 0 Å². The average Bonchev–Trinajstić information content (AvgIpc) is 2.67. The van der Waals surface area contributed by atoms with Crippen LogP contribution in [0, 0.1) is 5.92 Å². The number of rotatable bonds is 5. The molecule has 1 aromatic heterocycles. The molecule has 158 valence electrons. The maximum Gasteiger partial charge on any atom is 0.433 e. The van der Waals surface area contributed by atoms with Gasteiger partial charge in [0.2, 0.25) is 5.88 Å². The Bertz CT molecular complexity index is 800. The zero-order valence-corrected chi connectivity index (χ0v) is 16.1. The predicted octanol–water partition coefficient (Wildman–Crippen LogP) is 3.76. The van der Waals surface area contributed by atoms with Crippen molar-refractivity contribution in [2.45, 2.75) is 57.0 Å². The third-order valence-corrected chi connectivity index (χ3v) is 4.79. The summed E-state index contributed by atoms with van der Waals surface area (Å²) in [5, 5.41) is 21.3. The number of nitrogens with zero attached hydrogens (tertiary/aromatic N) is 1. The van der Waals surface area contributed by atoms with Crippen LogP contribution in [0.3, 0.4) is 0 Å². The standard InChI is InChI=1S/C21H24F3NO4/c1-12(2)11-14-17(26)18(27)20(19(28-14)13-7-4-3-5-8-13)29-16-10-6-9-15(25-16)21(22,23)24/h3-10,12,14,17-20,26-27H,11H2,1-2H3/t14-,17+,18+,19-,20-/m1/s1. The van der Waals surface area contributed by atoms with Gasteiger partial charge in [-0.1, -0.05) is 50.2 Å². The van der Waals surface area contributed by atoms with E-state index in [4.69, 9.17) is 9.47 Å². The van der Waals surface area contributed by atoms with E-state index in [1.165, 1.54) is 12.1 Å². The lowest BCUT2D eigenvalue weighted by atomic mass is 9.88. The molecule has 2 heterocycles. The summed E-state index contributed by atoms with van der Waals surface area (Å²) < 4.78 is 50.6. The van der Waals surface area contributed by atoms with Crippen LogP contribution in [0.4, 0.5) is 13.2 Å². The Labute approximate surface area is 167 Å². The van der Waals surface area contributed by atoms with Crippen LogP contribution in [0.15, 0.2) is 48.5 Å². The molecule has 0 radical (unpaired) electrons. The summed E-state index contributed by atoms with van der Waals surface area (Å²) in [6.07, 6.45) is -9.27. The van der Waals surface area contributed by atoms with E-state index in [2.05, 4.69) is 4.98 Å².